The summed E-state index contributed by atoms with van der Waals surface area (Å²) in [6, 6.07) is 34.2. The molecule has 0 radical (unpaired) electrons. The number of benzene rings is 5. The molecule has 8 rings (SSSR count). The van der Waals surface area contributed by atoms with Gasteiger partial charge >= 0.3 is 6.85 Å². The Hall–Kier alpha value is -3.89. The molecule has 2 aliphatic rings. The van der Waals surface area contributed by atoms with Gasteiger partial charge in [0.25, 0.3) is 0 Å². The van der Waals surface area contributed by atoms with E-state index in [2.05, 4.69) is 128 Å². The predicted molar refractivity (Wildman–Crippen MR) is 164 cm³/mol. The number of hydrogen-bond acceptors (Lipinski definition) is 2. The third-order valence-electron chi connectivity index (χ3n) is 8.27. The largest absolute Gasteiger partial charge is 0.375 e. The molecule has 4 heteroatoms. The number of rotatable bonds is 1. The van der Waals surface area contributed by atoms with Crippen LogP contribution in [0.3, 0.4) is 0 Å². The van der Waals surface area contributed by atoms with E-state index in [1.165, 1.54) is 81.8 Å². The number of fused-ring (bicyclic) bond motifs is 7. The average molecular weight is 506 g/mol. The summed E-state index contributed by atoms with van der Waals surface area (Å²) in [5.41, 5.74) is 14.5. The highest BCUT2D eigenvalue weighted by Crippen LogP contribution is 2.52. The fourth-order valence-electron chi connectivity index (χ4n) is 6.99. The molecule has 0 aliphatic carbocycles. The standard InChI is InChI=1S/C34H27BN2S/c1-20-16-22(3)32-30(18-20)38-31-19-21(2)17-23(4)33(31)37(32)35-26-12-6-8-15-29(26)36-28-14-7-5-10-24(28)25-11-9-13-27(35)34(25)36/h5-19H,1-4H3. The summed E-state index contributed by atoms with van der Waals surface area (Å²) in [5.74, 6) is 0. The van der Waals surface area contributed by atoms with Crippen molar-refractivity contribution >= 4 is 62.7 Å². The van der Waals surface area contributed by atoms with Gasteiger partial charge in [0.1, 0.15) is 0 Å². The molecule has 0 saturated carbocycles. The van der Waals surface area contributed by atoms with Gasteiger partial charge in [-0.15, -0.1) is 0 Å². The Balaban J connectivity index is 1.54. The summed E-state index contributed by atoms with van der Waals surface area (Å²) < 4.78 is 2.50. The van der Waals surface area contributed by atoms with Crippen LogP contribution in [0.1, 0.15) is 22.3 Å². The molecule has 0 atom stereocenters. The molecule has 5 aromatic carbocycles. The van der Waals surface area contributed by atoms with Crippen LogP contribution in [0.25, 0.3) is 27.5 Å². The predicted octanol–water partition coefficient (Wildman–Crippen LogP) is 7.74. The molecule has 1 aromatic heterocycles. The SMILES string of the molecule is Cc1cc(C)c2c(c1)Sc1cc(C)cc(C)c1N2B1c2ccccc2-n2c3ccccc3c3cccc1c32. The zero-order chi connectivity index (χ0) is 25.7. The fourth-order valence-corrected chi connectivity index (χ4v) is 8.43. The maximum absolute atomic E-state index is 2.67. The molecule has 0 bridgehead atoms. The molecular weight excluding hydrogens is 479 g/mol. The minimum absolute atomic E-state index is 0.0629. The zero-order valence-electron chi connectivity index (χ0n) is 22.0. The lowest BCUT2D eigenvalue weighted by Crippen LogP contribution is -2.59. The fraction of sp³-hybridized carbons (Fsp3) is 0.118. The average Bonchev–Trinajstić information content (AvgIpc) is 3.24. The molecule has 0 unspecified atom stereocenters. The maximum Gasteiger partial charge on any atom is 0.332 e. The molecular formula is C34H27BN2S. The Labute approximate surface area is 228 Å². The van der Waals surface area contributed by atoms with E-state index in [1.54, 1.807) is 0 Å². The van der Waals surface area contributed by atoms with Gasteiger partial charge in [-0.05, 0) is 85.1 Å². The smallest absolute Gasteiger partial charge is 0.332 e. The summed E-state index contributed by atoms with van der Waals surface area (Å²) in [4.78, 5) is 5.35. The summed E-state index contributed by atoms with van der Waals surface area (Å²) in [6.07, 6.45) is 0. The van der Waals surface area contributed by atoms with E-state index < -0.39 is 0 Å². The Bertz CT molecular complexity index is 1910. The maximum atomic E-state index is 2.67. The third kappa shape index (κ3) is 2.87. The van der Waals surface area contributed by atoms with Crippen molar-refractivity contribution in [3.63, 3.8) is 0 Å². The topological polar surface area (TPSA) is 8.17 Å². The number of anilines is 2. The van der Waals surface area contributed by atoms with Crippen molar-refractivity contribution in [2.75, 3.05) is 4.81 Å². The molecule has 3 heterocycles. The van der Waals surface area contributed by atoms with E-state index in [0.717, 1.165) is 0 Å². The first-order valence-electron chi connectivity index (χ1n) is 13.3. The van der Waals surface area contributed by atoms with E-state index >= 15 is 0 Å². The zero-order valence-corrected chi connectivity index (χ0v) is 22.9. The number of para-hydroxylation sites is 3. The quantitative estimate of drug-likeness (QED) is 0.211. The van der Waals surface area contributed by atoms with Crippen LogP contribution in [-0.4, -0.2) is 11.4 Å². The molecule has 0 N–H and O–H groups in total. The normalized spacial score (nSPS) is 13.6. The van der Waals surface area contributed by atoms with Crippen molar-refractivity contribution in [1.82, 2.24) is 4.57 Å². The van der Waals surface area contributed by atoms with Crippen molar-refractivity contribution < 1.29 is 0 Å². The molecule has 0 saturated heterocycles. The minimum Gasteiger partial charge on any atom is -0.375 e. The molecule has 0 fully saturated rings. The summed E-state index contributed by atoms with van der Waals surface area (Å²) in [6.45, 7) is 9.04. The van der Waals surface area contributed by atoms with Gasteiger partial charge in [0.15, 0.2) is 0 Å². The van der Waals surface area contributed by atoms with Crippen LogP contribution in [0, 0.1) is 27.7 Å². The lowest BCUT2D eigenvalue weighted by molar-refractivity contribution is 1.14. The molecule has 2 nitrogen and oxygen atoms in total. The summed E-state index contributed by atoms with van der Waals surface area (Å²) in [7, 11) is 0. The molecule has 0 spiro atoms. The van der Waals surface area contributed by atoms with Crippen molar-refractivity contribution in [2.45, 2.75) is 37.5 Å². The summed E-state index contributed by atoms with van der Waals surface area (Å²) >= 11 is 1.92. The Morgan fingerprint density at radius 3 is 1.95 bits per heavy atom. The van der Waals surface area contributed by atoms with Crippen LogP contribution in [0.5, 0.6) is 0 Å². The first kappa shape index (κ1) is 22.1. The van der Waals surface area contributed by atoms with Gasteiger partial charge in [0, 0.05) is 37.6 Å². The van der Waals surface area contributed by atoms with E-state index in [0.29, 0.717) is 0 Å². The lowest BCUT2D eigenvalue weighted by Gasteiger charge is -2.42. The van der Waals surface area contributed by atoms with Crippen LogP contribution in [-0.2, 0) is 0 Å². The van der Waals surface area contributed by atoms with E-state index in [1.807, 2.05) is 11.8 Å². The van der Waals surface area contributed by atoms with Gasteiger partial charge in [-0.2, -0.15) is 0 Å². The molecule has 182 valence electrons. The third-order valence-corrected chi connectivity index (χ3v) is 9.33. The highest BCUT2D eigenvalue weighted by molar-refractivity contribution is 7.99. The van der Waals surface area contributed by atoms with E-state index in [-0.39, 0.29) is 6.85 Å². The Kier molecular flexibility index (Phi) is 4.55. The van der Waals surface area contributed by atoms with Crippen molar-refractivity contribution in [3.05, 3.63) is 113 Å². The summed E-state index contributed by atoms with van der Waals surface area (Å²) in [5, 5.41) is 2.64. The van der Waals surface area contributed by atoms with Crippen molar-refractivity contribution in [1.29, 1.82) is 0 Å². The number of aryl methyl sites for hydroxylation is 4. The number of nitrogens with zero attached hydrogens (tertiary/aromatic N) is 2. The second-order valence-corrected chi connectivity index (χ2v) is 12.0. The highest BCUT2D eigenvalue weighted by atomic mass is 32.2. The van der Waals surface area contributed by atoms with Crippen molar-refractivity contribution in [2.24, 2.45) is 0 Å². The number of aromatic nitrogens is 1. The molecule has 6 aromatic rings. The van der Waals surface area contributed by atoms with Gasteiger partial charge in [-0.25, -0.2) is 0 Å². The van der Waals surface area contributed by atoms with Crippen LogP contribution >= 0.6 is 11.8 Å². The minimum atomic E-state index is 0.0629. The van der Waals surface area contributed by atoms with Crippen LogP contribution in [0.15, 0.2) is 101 Å². The van der Waals surface area contributed by atoms with Gasteiger partial charge < -0.3 is 9.38 Å². The highest BCUT2D eigenvalue weighted by Gasteiger charge is 2.41. The second kappa shape index (κ2) is 7.81. The van der Waals surface area contributed by atoms with Gasteiger partial charge in [-0.1, -0.05) is 78.5 Å². The monoisotopic (exact) mass is 506 g/mol. The lowest BCUT2D eigenvalue weighted by atomic mass is 9.46. The first-order chi connectivity index (χ1) is 18.5. The molecule has 0 amide bonds. The molecule has 38 heavy (non-hydrogen) atoms. The van der Waals surface area contributed by atoms with Gasteiger partial charge in [0.05, 0.1) is 11.0 Å². The Morgan fingerprint density at radius 1 is 0.605 bits per heavy atom. The van der Waals surface area contributed by atoms with E-state index in [9.17, 15) is 0 Å². The first-order valence-corrected chi connectivity index (χ1v) is 14.1. The van der Waals surface area contributed by atoms with Crippen molar-refractivity contribution in [3.8, 4) is 5.69 Å². The van der Waals surface area contributed by atoms with Gasteiger partial charge in [-0.3, -0.25) is 0 Å². The molecule has 2 aliphatic heterocycles. The second-order valence-electron chi connectivity index (χ2n) is 10.9. The Morgan fingerprint density at radius 2 is 1.21 bits per heavy atom. The van der Waals surface area contributed by atoms with Crippen LogP contribution in [0.4, 0.5) is 11.4 Å². The van der Waals surface area contributed by atoms with Crippen LogP contribution in [0.2, 0.25) is 0 Å². The van der Waals surface area contributed by atoms with Gasteiger partial charge in [0.2, 0.25) is 0 Å². The number of hydrogen-bond donors (Lipinski definition) is 0. The van der Waals surface area contributed by atoms with Crippen LogP contribution < -0.4 is 15.7 Å². The van der Waals surface area contributed by atoms with E-state index in [4.69, 9.17) is 0 Å².